The summed E-state index contributed by atoms with van der Waals surface area (Å²) >= 11 is 0. The lowest BCUT2D eigenvalue weighted by Crippen LogP contribution is -2.37. The van der Waals surface area contributed by atoms with Crippen LogP contribution in [0.5, 0.6) is 0 Å². The highest BCUT2D eigenvalue weighted by atomic mass is 16.3. The summed E-state index contributed by atoms with van der Waals surface area (Å²) in [4.78, 5) is 2.48. The first-order chi connectivity index (χ1) is 9.66. The molecule has 0 spiro atoms. The molecule has 0 bridgehead atoms. The lowest BCUT2D eigenvalue weighted by Gasteiger charge is -2.29. The number of aryl methyl sites for hydroxylation is 1. The summed E-state index contributed by atoms with van der Waals surface area (Å²) < 4.78 is 2.30. The number of fused-ring (bicyclic) bond motifs is 1. The van der Waals surface area contributed by atoms with Crippen molar-refractivity contribution in [2.24, 2.45) is 7.05 Å². The molecule has 108 valence electrons. The summed E-state index contributed by atoms with van der Waals surface area (Å²) in [5.41, 5.74) is 4.19. The molecule has 1 saturated heterocycles. The maximum atomic E-state index is 9.57. The predicted octanol–water partition coefficient (Wildman–Crippen LogP) is 2.49. The first kappa shape index (κ1) is 13.7. The number of likely N-dealkylation sites (tertiary alicyclic amines) is 1. The number of benzene rings is 1. The minimum atomic E-state index is -0.0782. The predicted molar refractivity (Wildman–Crippen MR) is 83.0 cm³/mol. The topological polar surface area (TPSA) is 28.4 Å². The average Bonchev–Trinajstić information content (AvgIpc) is 2.71. The van der Waals surface area contributed by atoms with E-state index in [1.54, 1.807) is 0 Å². The zero-order valence-electron chi connectivity index (χ0n) is 12.5. The highest BCUT2D eigenvalue weighted by molar-refractivity contribution is 5.85. The van der Waals surface area contributed by atoms with E-state index in [1.165, 1.54) is 22.2 Å². The molecule has 0 amide bonds. The molecule has 0 saturated carbocycles. The fraction of sp³-hybridized carbons (Fsp3) is 0.529. The van der Waals surface area contributed by atoms with E-state index in [1.807, 2.05) is 0 Å². The SMILES string of the molecule is Cc1c(CCN2CCC(O)CC2)c2ccccc2n1C. The van der Waals surface area contributed by atoms with Gasteiger partial charge in [0.25, 0.3) is 0 Å². The van der Waals surface area contributed by atoms with Gasteiger partial charge in [-0.3, -0.25) is 0 Å². The number of aliphatic hydroxyl groups excluding tert-OH is 1. The van der Waals surface area contributed by atoms with Gasteiger partial charge in [-0.25, -0.2) is 0 Å². The highest BCUT2D eigenvalue weighted by Gasteiger charge is 2.18. The van der Waals surface area contributed by atoms with Gasteiger partial charge in [0.1, 0.15) is 0 Å². The zero-order chi connectivity index (χ0) is 14.1. The van der Waals surface area contributed by atoms with E-state index < -0.39 is 0 Å². The van der Waals surface area contributed by atoms with Crippen LogP contribution in [-0.2, 0) is 13.5 Å². The van der Waals surface area contributed by atoms with Crippen LogP contribution < -0.4 is 0 Å². The van der Waals surface area contributed by atoms with Crippen molar-refractivity contribution in [3.63, 3.8) is 0 Å². The molecule has 2 aromatic rings. The summed E-state index contributed by atoms with van der Waals surface area (Å²) in [6.45, 7) is 5.38. The van der Waals surface area contributed by atoms with Gasteiger partial charge in [0.2, 0.25) is 0 Å². The van der Waals surface area contributed by atoms with Crippen LogP contribution in [-0.4, -0.2) is 40.3 Å². The third-order valence-electron chi connectivity index (χ3n) is 4.77. The molecule has 0 unspecified atom stereocenters. The molecule has 3 heteroatoms. The number of hydrogen-bond acceptors (Lipinski definition) is 2. The van der Waals surface area contributed by atoms with Crippen molar-refractivity contribution in [1.29, 1.82) is 0 Å². The number of para-hydroxylation sites is 1. The van der Waals surface area contributed by atoms with Crippen molar-refractivity contribution >= 4 is 10.9 Å². The van der Waals surface area contributed by atoms with Crippen LogP contribution in [0, 0.1) is 6.92 Å². The van der Waals surface area contributed by atoms with Gasteiger partial charge >= 0.3 is 0 Å². The van der Waals surface area contributed by atoms with Gasteiger partial charge in [-0.1, -0.05) is 18.2 Å². The van der Waals surface area contributed by atoms with E-state index in [4.69, 9.17) is 0 Å². The maximum absolute atomic E-state index is 9.57. The van der Waals surface area contributed by atoms with Crippen LogP contribution in [0.25, 0.3) is 10.9 Å². The van der Waals surface area contributed by atoms with Gasteiger partial charge in [0.05, 0.1) is 6.10 Å². The van der Waals surface area contributed by atoms with Crippen molar-refractivity contribution < 1.29 is 5.11 Å². The first-order valence-corrected chi connectivity index (χ1v) is 7.60. The molecule has 1 fully saturated rings. The number of piperidine rings is 1. The fourth-order valence-electron chi connectivity index (χ4n) is 3.33. The lowest BCUT2D eigenvalue weighted by molar-refractivity contribution is 0.0832. The molecule has 1 N–H and O–H groups in total. The summed E-state index contributed by atoms with van der Waals surface area (Å²) in [5, 5.41) is 11.0. The molecule has 3 rings (SSSR count). The third kappa shape index (κ3) is 2.48. The molecule has 20 heavy (non-hydrogen) atoms. The third-order valence-corrected chi connectivity index (χ3v) is 4.77. The van der Waals surface area contributed by atoms with E-state index in [0.29, 0.717) is 0 Å². The van der Waals surface area contributed by atoms with Gasteiger partial charge in [-0.2, -0.15) is 0 Å². The van der Waals surface area contributed by atoms with E-state index in [2.05, 4.69) is 47.7 Å². The van der Waals surface area contributed by atoms with Gasteiger partial charge in [0, 0.05) is 43.3 Å². The van der Waals surface area contributed by atoms with E-state index in [0.717, 1.165) is 38.9 Å². The van der Waals surface area contributed by atoms with Crippen LogP contribution in [0.2, 0.25) is 0 Å². The quantitative estimate of drug-likeness (QED) is 0.930. The smallest absolute Gasteiger partial charge is 0.0564 e. The van der Waals surface area contributed by atoms with Crippen molar-refractivity contribution in [2.75, 3.05) is 19.6 Å². The minimum Gasteiger partial charge on any atom is -0.393 e. The van der Waals surface area contributed by atoms with Crippen LogP contribution in [0.15, 0.2) is 24.3 Å². The van der Waals surface area contributed by atoms with Crippen molar-refractivity contribution in [3.05, 3.63) is 35.5 Å². The van der Waals surface area contributed by atoms with Crippen LogP contribution in [0.4, 0.5) is 0 Å². The second-order valence-electron chi connectivity index (χ2n) is 5.96. The van der Waals surface area contributed by atoms with Gasteiger partial charge in [0.15, 0.2) is 0 Å². The van der Waals surface area contributed by atoms with Crippen molar-refractivity contribution in [1.82, 2.24) is 9.47 Å². The monoisotopic (exact) mass is 272 g/mol. The van der Waals surface area contributed by atoms with Crippen molar-refractivity contribution in [3.8, 4) is 0 Å². The molecule has 1 aromatic carbocycles. The Hall–Kier alpha value is -1.32. The molecular weight excluding hydrogens is 248 g/mol. The van der Waals surface area contributed by atoms with Crippen LogP contribution in [0.3, 0.4) is 0 Å². The highest BCUT2D eigenvalue weighted by Crippen LogP contribution is 2.25. The Morgan fingerprint density at radius 2 is 1.90 bits per heavy atom. The largest absolute Gasteiger partial charge is 0.393 e. The molecular formula is C17H24N2O. The number of rotatable bonds is 3. The Morgan fingerprint density at radius 3 is 2.65 bits per heavy atom. The molecule has 2 heterocycles. The molecule has 1 aliphatic rings. The van der Waals surface area contributed by atoms with Gasteiger partial charge in [-0.15, -0.1) is 0 Å². The summed E-state index contributed by atoms with van der Waals surface area (Å²) in [7, 11) is 2.15. The Labute approximate surface area is 120 Å². The second-order valence-corrected chi connectivity index (χ2v) is 5.96. The lowest BCUT2D eigenvalue weighted by atomic mass is 10.0. The zero-order valence-corrected chi connectivity index (χ0v) is 12.5. The van der Waals surface area contributed by atoms with Crippen molar-refractivity contribution in [2.45, 2.75) is 32.3 Å². The van der Waals surface area contributed by atoms with E-state index >= 15 is 0 Å². The first-order valence-electron chi connectivity index (χ1n) is 7.60. The molecule has 0 aliphatic carbocycles. The van der Waals surface area contributed by atoms with Crippen LogP contribution >= 0.6 is 0 Å². The number of hydrogen-bond donors (Lipinski definition) is 1. The average molecular weight is 272 g/mol. The molecule has 3 nitrogen and oxygen atoms in total. The second kappa shape index (κ2) is 5.58. The summed E-state index contributed by atoms with van der Waals surface area (Å²) in [6.07, 6.45) is 2.87. The Kier molecular flexibility index (Phi) is 3.81. The number of aromatic nitrogens is 1. The summed E-state index contributed by atoms with van der Waals surface area (Å²) in [5.74, 6) is 0. The van der Waals surface area contributed by atoms with E-state index in [-0.39, 0.29) is 6.10 Å². The Balaban J connectivity index is 1.76. The molecule has 0 atom stereocenters. The van der Waals surface area contributed by atoms with Gasteiger partial charge in [-0.05, 0) is 37.8 Å². The standard InChI is InChI=1S/C17H24N2O/c1-13-15(9-12-19-10-7-14(20)8-11-19)16-5-3-4-6-17(16)18(13)2/h3-6,14,20H,7-12H2,1-2H3. The molecule has 1 aromatic heterocycles. The molecule has 1 aliphatic heterocycles. The Bertz CT molecular complexity index is 594. The van der Waals surface area contributed by atoms with Crippen LogP contribution in [0.1, 0.15) is 24.1 Å². The number of aliphatic hydroxyl groups is 1. The number of nitrogens with zero attached hydrogens (tertiary/aromatic N) is 2. The fourth-order valence-corrected chi connectivity index (χ4v) is 3.33. The van der Waals surface area contributed by atoms with Gasteiger partial charge < -0.3 is 14.6 Å². The molecule has 0 radical (unpaired) electrons. The normalized spacial score (nSPS) is 17.9. The maximum Gasteiger partial charge on any atom is 0.0564 e. The minimum absolute atomic E-state index is 0.0782. The summed E-state index contributed by atoms with van der Waals surface area (Å²) in [6, 6.07) is 8.67. The van der Waals surface area contributed by atoms with E-state index in [9.17, 15) is 5.11 Å². The Morgan fingerprint density at radius 1 is 1.20 bits per heavy atom.